The third-order valence-corrected chi connectivity index (χ3v) is 0. The van der Waals surface area contributed by atoms with Crippen molar-refractivity contribution in [2.45, 2.75) is 0 Å². The first kappa shape index (κ1) is 530. The fraction of sp³-hybridized carbons (Fsp3) is 0. The van der Waals surface area contributed by atoms with Crippen LogP contribution >= 0.6 is 0 Å². The van der Waals surface area contributed by atoms with Gasteiger partial charge in [0.15, 0.2) is 0 Å². The van der Waals surface area contributed by atoms with Crippen molar-refractivity contribution in [1.82, 2.24) is 0 Å². The number of hydrogen-bond acceptors (Lipinski definition) is 0. The Morgan fingerprint density at radius 2 is 0.0290 bits per heavy atom. The third kappa shape index (κ3) is 512. The van der Waals surface area contributed by atoms with Gasteiger partial charge in [-0.15, -0.1) is 0 Å². The quantitative estimate of drug-likeness (QED) is 0.321. The van der Waals surface area contributed by atoms with Gasteiger partial charge in [-0.3, -0.25) is 0 Å². The maximum absolute atomic E-state index is 0. The molecule has 0 heterocycles. The third-order valence-electron chi connectivity index (χ3n) is 0. The molecule has 0 saturated carbocycles. The van der Waals surface area contributed by atoms with Crippen molar-refractivity contribution < 1.29 is 2160 Å². The van der Waals surface area contributed by atoms with Gasteiger partial charge in [-0.1, -0.05) is 0 Å². The van der Waals surface area contributed by atoms with E-state index in [0.29, 0.717) is 0 Å². The van der Waals surface area contributed by atoms with E-state index in [4.69, 9.17) is 0 Å². The average molecular weight is 5910 g/mol. The molecule has 66 radical (unpaired) electrons. The molecule has 0 aliphatic carbocycles. The Balaban J connectivity index is 0. The molecule has 0 aromatic heterocycles. The Morgan fingerprint density at radius 3 is 0.0290 bits per heavy atom. The fourth-order valence-electron chi connectivity index (χ4n) is 0. The van der Waals surface area contributed by atoms with Crippen LogP contribution in [-0.4, -0.2) is 0 Å². The molecule has 0 aromatic carbocycles. The Morgan fingerprint density at radius 1 is 0.0290 bits per heavy atom. The molecule has 0 amide bonds. The van der Waals surface area contributed by atoms with E-state index in [1.807, 2.05) is 0 Å². The molecule has 0 atom stereocenters. The fourth-order valence-corrected chi connectivity index (χ4v) is 0. The van der Waals surface area contributed by atoms with Crippen LogP contribution in [0, 0.1) is 22.3 Å². The second-order valence-corrected chi connectivity index (χ2v) is 0. The van der Waals surface area contributed by atoms with E-state index in [2.05, 4.69) is 0 Å². The molecule has 0 nitrogen and oxygen atoms in total. The summed E-state index contributed by atoms with van der Waals surface area (Å²) in [5, 5.41) is 0. The van der Waals surface area contributed by atoms with Crippen molar-refractivity contribution in [3.05, 3.63) is 22.3 Å². The monoisotopic (exact) mass is 5910 g/mol. The van der Waals surface area contributed by atoms with E-state index in [1.165, 1.54) is 0 Å². The van der Waals surface area contributed by atoms with Crippen molar-refractivity contribution in [3.8, 4) is 0 Å². The summed E-state index contributed by atoms with van der Waals surface area (Å²) in [6, 6.07) is 0. The molecule has 0 spiro atoms. The van der Waals surface area contributed by atoms with E-state index < -0.39 is 0 Å². The summed E-state index contributed by atoms with van der Waals surface area (Å²) < 4.78 is 0. The van der Waals surface area contributed by atoms with Gasteiger partial charge in [-0.05, 0) is 0 Å². The minimum Gasteiger partial charge on any atom is -0.358 e. The van der Waals surface area contributed by atoms with Crippen LogP contribution < -0.4 is 0 Å². The van der Waals surface area contributed by atoms with Gasteiger partial charge >= 0.3 is 0 Å². The van der Waals surface area contributed by atoms with Crippen LogP contribution in [0.1, 0.15) is 0 Å². The minimum atomic E-state index is 0. The summed E-state index contributed by atoms with van der Waals surface area (Å²) in [4.78, 5) is 0. The number of rotatable bonds is 0. The van der Waals surface area contributed by atoms with Crippen molar-refractivity contribution in [3.63, 3.8) is 0 Å². The van der Waals surface area contributed by atoms with E-state index in [0.717, 1.165) is 0 Å². The smallest absolute Gasteiger partial charge is 0 e. The summed E-state index contributed by atoms with van der Waals surface area (Å²) in [6.07, 6.45) is 0. The topological polar surface area (TPSA) is 0 Å². The van der Waals surface area contributed by atoms with E-state index in [1.54, 1.807) is 0 Å². The normalized spacial score (nSPS) is 0. The van der Waals surface area contributed by atoms with Crippen LogP contribution in [-0.2, 0) is 2160 Å². The first-order valence-corrected chi connectivity index (χ1v) is 0. The predicted molar refractivity (Wildman–Crippen MR) is 19.2 cm³/mol. The molecule has 0 bridgehead atoms. The number of hydrogen-bond donors (Lipinski definition) is 0. The zero-order chi connectivity index (χ0) is 0. The van der Waals surface area contributed by atoms with Gasteiger partial charge in [0.05, 0.1) is 0 Å². The molecule has 69 heavy (non-hydrogen) atoms. The van der Waals surface area contributed by atoms with Gasteiger partial charge in [-0.2, -0.15) is 0 Å². The first-order chi connectivity index (χ1) is 0. The average Bonchev–Trinajstić information content (AvgIpc) is 0. The van der Waals surface area contributed by atoms with Gasteiger partial charge < -0.3 is 22.3 Å². The molecular weight excluding hydrogens is 5900 g/mol. The SMILES string of the molecule is [CH3-].[CH3-].[CH3-].[Y].[Y].[Y].[Y].[Y].[Y].[Y].[Y].[Y].[Y].[Y].[Y].[Y].[Y].[Y].[Y].[Y].[Y].[Y].[Y].[Y].[Y].[Y].[Y].[Y].[Y].[Y].[Y].[Y].[Y].[Y].[Y].[Y].[Y].[Y].[Y].[Y].[Y].[Y].[Y].[Y].[Y].[Y].[Y].[Y].[Y].[Y].[Y].[Y].[Y].[Y].[Y].[Y].[Y].[Y].[Y].[Y].[Y].[Y].[Y].[Y].[Y].[Y].[Y].[Y].[Y]. The van der Waals surface area contributed by atoms with Crippen molar-refractivity contribution in [1.29, 1.82) is 0 Å². The van der Waals surface area contributed by atoms with Crippen molar-refractivity contribution in [2.75, 3.05) is 0 Å². The van der Waals surface area contributed by atoms with Gasteiger partial charge in [0, 0.05) is 2160 Å². The molecular formula is C3H9Y66-3. The van der Waals surface area contributed by atoms with E-state index >= 15 is 0 Å². The molecule has 0 N–H and O–H groups in total. The second-order valence-electron chi connectivity index (χ2n) is 0. The Hall–Kier alpha value is 72.9. The summed E-state index contributed by atoms with van der Waals surface area (Å²) in [5.74, 6) is 0. The maximum Gasteiger partial charge on any atom is 0 e. The Labute approximate surface area is 2090 Å². The van der Waals surface area contributed by atoms with Crippen molar-refractivity contribution in [2.24, 2.45) is 0 Å². The summed E-state index contributed by atoms with van der Waals surface area (Å²) in [5.41, 5.74) is 0. The van der Waals surface area contributed by atoms with E-state index in [-0.39, 0.29) is 2180 Å². The summed E-state index contributed by atoms with van der Waals surface area (Å²) in [7, 11) is 0. The zero-order valence-corrected chi connectivity index (χ0v) is 228. The second kappa shape index (κ2) is 519. The molecule has 0 aromatic rings. The molecule has 0 aliphatic rings. The van der Waals surface area contributed by atoms with Crippen molar-refractivity contribution >= 4 is 0 Å². The molecule has 0 aliphatic heterocycles. The van der Waals surface area contributed by atoms with Gasteiger partial charge in [0.2, 0.25) is 0 Å². The van der Waals surface area contributed by atoms with Crippen LogP contribution in [0.25, 0.3) is 0 Å². The van der Waals surface area contributed by atoms with E-state index in [9.17, 15) is 0 Å². The van der Waals surface area contributed by atoms with Gasteiger partial charge in [-0.25, -0.2) is 0 Å². The molecule has 222 valence electrons. The first-order valence-electron chi connectivity index (χ1n) is 0. The maximum atomic E-state index is 0. The molecule has 0 fully saturated rings. The molecule has 66 heteroatoms. The van der Waals surface area contributed by atoms with Crippen LogP contribution in [0.2, 0.25) is 0 Å². The standard InChI is InChI=1S/3CH3.66Y/h3*1H3;;;;;;;;;;;;;;;;;;;;;;;;;;;;;;;;;;;;;;;;;;;;;;;;;;;;;;;;;;;;;;;;;;/q3*-1;;;;;;;;;;;;;;;;;;;;;;;;;;;;;;;;;;;;;;;;;;;;;;;;;;;;;;;;;;;;;;;;;;. The summed E-state index contributed by atoms with van der Waals surface area (Å²) in [6.45, 7) is 0. The molecule has 0 saturated heterocycles. The van der Waals surface area contributed by atoms with Gasteiger partial charge in [0.25, 0.3) is 0 Å². The van der Waals surface area contributed by atoms with Crippen LogP contribution in [0.15, 0.2) is 0 Å². The Kier molecular flexibility index (Phi) is 3990. The van der Waals surface area contributed by atoms with Crippen LogP contribution in [0.4, 0.5) is 0 Å². The minimum absolute atomic E-state index is 0. The molecule has 0 unspecified atom stereocenters. The predicted octanol–water partition coefficient (Wildman–Crippen LogP) is 1.19. The zero-order valence-electron chi connectivity index (χ0n) is 41.1. The largest absolute Gasteiger partial charge is 0.358 e. The molecule has 0 rings (SSSR count). The van der Waals surface area contributed by atoms with Gasteiger partial charge in [0.1, 0.15) is 0 Å². The summed E-state index contributed by atoms with van der Waals surface area (Å²) >= 11 is 0. The van der Waals surface area contributed by atoms with Crippen LogP contribution in [0.5, 0.6) is 0 Å². The van der Waals surface area contributed by atoms with Crippen LogP contribution in [0.3, 0.4) is 0 Å². The Bertz CT molecular complexity index is 17.8.